The van der Waals surface area contributed by atoms with Crippen LogP contribution in [0.4, 0.5) is 0 Å². The maximum absolute atomic E-state index is 12.6. The molecule has 0 unspecified atom stereocenters. The topological polar surface area (TPSA) is 333 Å². The number of amides is 1. The number of carbonyl (C=O) groups excluding carboxylic acids is 1. The Balaban J connectivity index is 1.55. The van der Waals surface area contributed by atoms with Crippen molar-refractivity contribution in [3.8, 4) is 0 Å². The van der Waals surface area contributed by atoms with Gasteiger partial charge >= 0.3 is 0 Å². The first-order valence-corrected chi connectivity index (χ1v) is 15.4. The summed E-state index contributed by atoms with van der Waals surface area (Å²) in [6.07, 6.45) is -18.9. The lowest BCUT2D eigenvalue weighted by atomic mass is 9.75. The Kier molecular flexibility index (Phi) is 13.2. The van der Waals surface area contributed by atoms with Gasteiger partial charge in [0.15, 0.2) is 12.6 Å². The molecule has 4 rings (SSSR count). The zero-order valence-electron chi connectivity index (χ0n) is 25.1. The predicted molar refractivity (Wildman–Crippen MR) is 152 cm³/mol. The van der Waals surface area contributed by atoms with Crippen molar-refractivity contribution in [2.75, 3.05) is 26.4 Å². The van der Waals surface area contributed by atoms with Gasteiger partial charge in [0, 0.05) is 24.5 Å². The Morgan fingerprint density at radius 3 is 2.28 bits per heavy atom. The minimum Gasteiger partial charge on any atom is -0.394 e. The number of carbonyl (C=O) groups is 1. The molecule has 4 fully saturated rings. The number of aliphatic hydroxyl groups excluding tert-OH is 9. The summed E-state index contributed by atoms with van der Waals surface area (Å²) in [5, 5.41) is 104. The monoisotopic (exact) mass is 668 g/mol. The normalized spacial score (nSPS) is 45.8. The van der Waals surface area contributed by atoms with E-state index in [9.17, 15) is 50.8 Å². The molecule has 1 amide bonds. The van der Waals surface area contributed by atoms with Gasteiger partial charge in [0.2, 0.25) is 5.91 Å². The predicted octanol–water partition coefficient (Wildman–Crippen LogP) is -6.90. The lowest BCUT2D eigenvalue weighted by molar-refractivity contribution is -0.279. The molecule has 17 atom stereocenters. The van der Waals surface area contributed by atoms with Crippen LogP contribution in [0, 0.1) is 11.3 Å². The standard InChI is InChI=1S/C27H48N4O15/c28-2-1-12(34)26(41)31-11-4-10(29)24(46-27-19(30)23(40)21(38)16(6-32)44-27)9(20(11)37)3-15-22(39)25(17(7-33)43-15)45-18-5-13(35)14(36)8-42-18/h9,11-25,27,29,32-40H,1-8,28,30H2,(H,31,41)/t9-,11-,12+,13-,14-,15+,16-,17-,18-,19-,20-,21-,22+,23+,24+,25-,27-/m1/s1. The second kappa shape index (κ2) is 16.3. The smallest absolute Gasteiger partial charge is 0.249 e. The lowest BCUT2D eigenvalue weighted by Crippen LogP contribution is -2.65. The highest BCUT2D eigenvalue weighted by Gasteiger charge is 2.53. The van der Waals surface area contributed by atoms with Crippen molar-refractivity contribution in [1.82, 2.24) is 5.32 Å². The summed E-state index contributed by atoms with van der Waals surface area (Å²) in [6.45, 7) is -1.49. The molecule has 19 heteroatoms. The Morgan fingerprint density at radius 1 is 0.957 bits per heavy atom. The average molecular weight is 669 g/mol. The van der Waals surface area contributed by atoms with Gasteiger partial charge in [-0.3, -0.25) is 4.79 Å². The maximum atomic E-state index is 12.6. The summed E-state index contributed by atoms with van der Waals surface area (Å²) in [6, 6.07) is -2.43. The van der Waals surface area contributed by atoms with Crippen molar-refractivity contribution >= 4 is 11.6 Å². The Morgan fingerprint density at radius 2 is 1.65 bits per heavy atom. The molecule has 0 bridgehead atoms. The van der Waals surface area contributed by atoms with Crippen molar-refractivity contribution < 1.29 is 74.4 Å². The van der Waals surface area contributed by atoms with Crippen LogP contribution in [0.25, 0.3) is 0 Å². The molecule has 1 aliphatic carbocycles. The molecule has 0 radical (unpaired) electrons. The summed E-state index contributed by atoms with van der Waals surface area (Å²) < 4.78 is 28.7. The number of rotatable bonds is 12. The fourth-order valence-corrected chi connectivity index (χ4v) is 6.33. The quantitative estimate of drug-likeness (QED) is 0.0918. The van der Waals surface area contributed by atoms with E-state index in [1.165, 1.54) is 0 Å². The number of hydrogen-bond donors (Lipinski definition) is 13. The first-order valence-electron chi connectivity index (χ1n) is 15.4. The third-order valence-corrected chi connectivity index (χ3v) is 9.06. The molecule has 19 nitrogen and oxygen atoms in total. The fraction of sp³-hybridized carbons (Fsp3) is 0.926. The maximum Gasteiger partial charge on any atom is 0.249 e. The van der Waals surface area contributed by atoms with Crippen molar-refractivity contribution in [2.24, 2.45) is 17.4 Å². The van der Waals surface area contributed by atoms with Gasteiger partial charge in [-0.15, -0.1) is 0 Å². The van der Waals surface area contributed by atoms with E-state index < -0.39 is 123 Å². The van der Waals surface area contributed by atoms with Gasteiger partial charge in [-0.05, 0) is 19.4 Å². The molecule has 46 heavy (non-hydrogen) atoms. The van der Waals surface area contributed by atoms with E-state index in [-0.39, 0.29) is 44.5 Å². The highest BCUT2D eigenvalue weighted by molar-refractivity contribution is 5.89. The van der Waals surface area contributed by atoms with E-state index in [1.807, 2.05) is 0 Å². The SMILES string of the molecule is N=C1C[C@@H](NC(=O)[C@@H](O)CCN)[C@H](O)[C@@H](C[C@@H]2O[C@H](CO)[C@@H](O[C@@H]3C[C@@H](O)[C@H](O)CO3)[C@H]2O)[C@@H]1O[C@H]1O[C@H](CO)[C@@H](O)[C@@H](O)[C@H]1N. The van der Waals surface area contributed by atoms with Crippen LogP contribution in [0.1, 0.15) is 25.7 Å². The van der Waals surface area contributed by atoms with Gasteiger partial charge in [-0.1, -0.05) is 0 Å². The summed E-state index contributed by atoms with van der Waals surface area (Å²) in [7, 11) is 0. The number of nitrogens with two attached hydrogens (primary N) is 2. The van der Waals surface area contributed by atoms with Crippen molar-refractivity contribution in [1.29, 1.82) is 5.41 Å². The number of nitrogens with one attached hydrogen (secondary N) is 2. The summed E-state index contributed by atoms with van der Waals surface area (Å²) in [5.74, 6) is -1.96. The molecule has 3 saturated heterocycles. The van der Waals surface area contributed by atoms with Gasteiger partial charge in [0.05, 0.1) is 50.2 Å². The van der Waals surface area contributed by atoms with Crippen LogP contribution in [0.2, 0.25) is 0 Å². The van der Waals surface area contributed by atoms with Gasteiger partial charge in [-0.2, -0.15) is 0 Å². The molecule has 266 valence electrons. The number of hydrogen-bond acceptors (Lipinski definition) is 18. The molecule has 4 aliphatic rings. The highest BCUT2D eigenvalue weighted by Crippen LogP contribution is 2.37. The van der Waals surface area contributed by atoms with Gasteiger partial charge in [0.1, 0.15) is 54.9 Å². The van der Waals surface area contributed by atoms with Crippen LogP contribution in [-0.2, 0) is 28.5 Å². The van der Waals surface area contributed by atoms with Gasteiger partial charge in [0.25, 0.3) is 0 Å². The molecule has 3 aliphatic heterocycles. The van der Waals surface area contributed by atoms with Crippen LogP contribution in [0.5, 0.6) is 0 Å². The molecular weight excluding hydrogens is 620 g/mol. The minimum atomic E-state index is -1.57. The Hall–Kier alpha value is -1.50. The molecule has 1 saturated carbocycles. The summed E-state index contributed by atoms with van der Waals surface area (Å²) in [4.78, 5) is 12.6. The molecule has 15 N–H and O–H groups in total. The zero-order valence-corrected chi connectivity index (χ0v) is 25.1. The summed E-state index contributed by atoms with van der Waals surface area (Å²) in [5.41, 5.74) is 11.3. The third kappa shape index (κ3) is 8.20. The van der Waals surface area contributed by atoms with Crippen molar-refractivity contribution in [3.05, 3.63) is 0 Å². The fourth-order valence-electron chi connectivity index (χ4n) is 6.33. The van der Waals surface area contributed by atoms with Crippen LogP contribution < -0.4 is 16.8 Å². The van der Waals surface area contributed by atoms with Crippen molar-refractivity contribution in [2.45, 2.75) is 124 Å². The minimum absolute atomic E-state index is 0.0187. The van der Waals surface area contributed by atoms with Gasteiger partial charge < -0.3 is 91.8 Å². The van der Waals surface area contributed by atoms with E-state index >= 15 is 0 Å². The second-order valence-corrected chi connectivity index (χ2v) is 12.3. The second-order valence-electron chi connectivity index (χ2n) is 12.3. The first-order chi connectivity index (χ1) is 21.8. The van der Waals surface area contributed by atoms with Gasteiger partial charge in [-0.25, -0.2) is 0 Å². The molecule has 0 aromatic heterocycles. The number of aliphatic hydroxyl groups is 9. The third-order valence-electron chi connectivity index (χ3n) is 9.06. The Bertz CT molecular complexity index is 1010. The van der Waals surface area contributed by atoms with E-state index in [2.05, 4.69) is 5.32 Å². The Labute approximate surface area is 264 Å². The zero-order chi connectivity index (χ0) is 33.9. The van der Waals surface area contributed by atoms with E-state index in [0.29, 0.717) is 0 Å². The van der Waals surface area contributed by atoms with Crippen LogP contribution in [0.15, 0.2) is 0 Å². The molecular formula is C27H48N4O15. The van der Waals surface area contributed by atoms with E-state index in [1.54, 1.807) is 0 Å². The first kappa shape index (κ1) is 37.3. The molecule has 0 spiro atoms. The largest absolute Gasteiger partial charge is 0.394 e. The van der Waals surface area contributed by atoms with E-state index in [0.717, 1.165) is 0 Å². The van der Waals surface area contributed by atoms with E-state index in [4.69, 9.17) is 40.6 Å². The lowest BCUT2D eigenvalue weighted by Gasteiger charge is -2.46. The van der Waals surface area contributed by atoms with Crippen molar-refractivity contribution in [3.63, 3.8) is 0 Å². The van der Waals surface area contributed by atoms with Crippen LogP contribution in [-0.4, -0.2) is 182 Å². The average Bonchev–Trinajstić information content (AvgIpc) is 3.32. The highest BCUT2D eigenvalue weighted by atomic mass is 16.7. The molecule has 3 heterocycles. The molecule has 0 aromatic carbocycles. The molecule has 0 aromatic rings. The summed E-state index contributed by atoms with van der Waals surface area (Å²) >= 11 is 0. The van der Waals surface area contributed by atoms with Crippen LogP contribution >= 0.6 is 0 Å². The van der Waals surface area contributed by atoms with Crippen LogP contribution in [0.3, 0.4) is 0 Å². The number of ether oxygens (including phenoxy) is 5.